The van der Waals surface area contributed by atoms with E-state index >= 15 is 0 Å². The average Bonchev–Trinajstić information content (AvgIpc) is 2.08. The maximum absolute atomic E-state index is 9.63. The lowest BCUT2D eigenvalue weighted by Crippen LogP contribution is -2.23. The number of aliphatic hydroxyl groups is 1. The SMILES string of the molecule is Cc1cccc([C@H](N)[C@@H](C)O)c1O. The number of benzene rings is 1. The van der Waals surface area contributed by atoms with E-state index in [9.17, 15) is 10.2 Å². The minimum absolute atomic E-state index is 0.177. The first kappa shape index (κ1) is 10.0. The Labute approximate surface area is 77.8 Å². The normalized spacial score (nSPS) is 15.4. The van der Waals surface area contributed by atoms with Crippen molar-refractivity contribution >= 4 is 0 Å². The number of aliphatic hydroxyl groups excluding tert-OH is 1. The highest BCUT2D eigenvalue weighted by atomic mass is 16.3. The van der Waals surface area contributed by atoms with Gasteiger partial charge in [0.25, 0.3) is 0 Å². The lowest BCUT2D eigenvalue weighted by Gasteiger charge is -2.17. The molecule has 13 heavy (non-hydrogen) atoms. The van der Waals surface area contributed by atoms with Crippen LogP contribution >= 0.6 is 0 Å². The molecule has 0 aliphatic rings. The number of aromatic hydroxyl groups is 1. The van der Waals surface area contributed by atoms with E-state index in [4.69, 9.17) is 5.73 Å². The summed E-state index contributed by atoms with van der Waals surface area (Å²) >= 11 is 0. The molecular weight excluding hydrogens is 166 g/mol. The molecule has 0 unspecified atom stereocenters. The molecule has 3 heteroatoms. The topological polar surface area (TPSA) is 66.5 Å². The molecule has 0 spiro atoms. The van der Waals surface area contributed by atoms with Crippen molar-refractivity contribution in [1.29, 1.82) is 0 Å². The van der Waals surface area contributed by atoms with Gasteiger partial charge in [0.05, 0.1) is 12.1 Å². The molecular formula is C10H15NO2. The van der Waals surface area contributed by atoms with E-state index < -0.39 is 12.1 Å². The summed E-state index contributed by atoms with van der Waals surface area (Å²) in [7, 11) is 0. The van der Waals surface area contributed by atoms with Crippen LogP contribution in [0.2, 0.25) is 0 Å². The van der Waals surface area contributed by atoms with E-state index in [0.29, 0.717) is 5.56 Å². The number of phenols is 1. The van der Waals surface area contributed by atoms with Gasteiger partial charge in [-0.15, -0.1) is 0 Å². The van der Waals surface area contributed by atoms with Crippen LogP contribution < -0.4 is 5.73 Å². The van der Waals surface area contributed by atoms with Gasteiger partial charge in [0, 0.05) is 5.56 Å². The molecule has 72 valence electrons. The summed E-state index contributed by atoms with van der Waals surface area (Å²) in [4.78, 5) is 0. The zero-order valence-electron chi connectivity index (χ0n) is 7.86. The van der Waals surface area contributed by atoms with Crippen LogP contribution in [-0.2, 0) is 0 Å². The van der Waals surface area contributed by atoms with Gasteiger partial charge in [-0.25, -0.2) is 0 Å². The second-order valence-electron chi connectivity index (χ2n) is 3.28. The molecule has 0 aliphatic carbocycles. The highest BCUT2D eigenvalue weighted by Gasteiger charge is 2.16. The van der Waals surface area contributed by atoms with Crippen LogP contribution in [0.5, 0.6) is 5.75 Å². The van der Waals surface area contributed by atoms with Crippen molar-refractivity contribution in [2.24, 2.45) is 5.73 Å². The van der Waals surface area contributed by atoms with Crippen molar-refractivity contribution in [3.8, 4) is 5.75 Å². The van der Waals surface area contributed by atoms with Gasteiger partial charge in [-0.1, -0.05) is 18.2 Å². The third-order valence-corrected chi connectivity index (χ3v) is 2.15. The summed E-state index contributed by atoms with van der Waals surface area (Å²) in [6.45, 7) is 3.40. The van der Waals surface area contributed by atoms with E-state index in [2.05, 4.69) is 0 Å². The Morgan fingerprint density at radius 1 is 1.38 bits per heavy atom. The fraction of sp³-hybridized carbons (Fsp3) is 0.400. The second-order valence-corrected chi connectivity index (χ2v) is 3.28. The molecule has 1 aromatic carbocycles. The number of hydrogen-bond donors (Lipinski definition) is 3. The van der Waals surface area contributed by atoms with Gasteiger partial charge < -0.3 is 15.9 Å². The predicted octanol–water partition coefficient (Wildman–Crippen LogP) is 1.08. The van der Waals surface area contributed by atoms with Gasteiger partial charge in [-0.2, -0.15) is 0 Å². The highest BCUT2D eigenvalue weighted by molar-refractivity contribution is 5.41. The highest BCUT2D eigenvalue weighted by Crippen LogP contribution is 2.27. The molecule has 2 atom stereocenters. The van der Waals surface area contributed by atoms with E-state index in [1.165, 1.54) is 0 Å². The maximum Gasteiger partial charge on any atom is 0.123 e. The van der Waals surface area contributed by atoms with E-state index in [0.717, 1.165) is 5.56 Å². The number of nitrogens with two attached hydrogens (primary N) is 1. The Balaban J connectivity index is 3.07. The minimum atomic E-state index is -0.660. The maximum atomic E-state index is 9.63. The number of hydrogen-bond acceptors (Lipinski definition) is 3. The van der Waals surface area contributed by atoms with Crippen LogP contribution in [0.25, 0.3) is 0 Å². The van der Waals surface area contributed by atoms with E-state index in [1.54, 1.807) is 26.0 Å². The molecule has 0 saturated carbocycles. The number of para-hydroxylation sites is 1. The van der Waals surface area contributed by atoms with Crippen molar-refractivity contribution in [2.75, 3.05) is 0 Å². The van der Waals surface area contributed by atoms with E-state index in [-0.39, 0.29) is 5.75 Å². The van der Waals surface area contributed by atoms with Crippen molar-refractivity contribution in [2.45, 2.75) is 26.0 Å². The quantitative estimate of drug-likeness (QED) is 0.639. The van der Waals surface area contributed by atoms with Crippen LogP contribution in [0.15, 0.2) is 18.2 Å². The molecule has 3 nitrogen and oxygen atoms in total. The Morgan fingerprint density at radius 3 is 2.54 bits per heavy atom. The molecule has 0 aliphatic heterocycles. The van der Waals surface area contributed by atoms with Crippen molar-refractivity contribution < 1.29 is 10.2 Å². The first-order valence-electron chi connectivity index (χ1n) is 4.26. The van der Waals surface area contributed by atoms with Gasteiger partial charge in [0.1, 0.15) is 5.75 Å². The first-order chi connectivity index (χ1) is 6.04. The average molecular weight is 181 g/mol. The lowest BCUT2D eigenvalue weighted by atomic mass is 10.00. The summed E-state index contributed by atoms with van der Waals surface area (Å²) in [6, 6.07) is 4.81. The van der Waals surface area contributed by atoms with Gasteiger partial charge >= 0.3 is 0 Å². The Morgan fingerprint density at radius 2 is 2.00 bits per heavy atom. The zero-order valence-corrected chi connectivity index (χ0v) is 7.86. The predicted molar refractivity (Wildman–Crippen MR) is 51.5 cm³/mol. The third-order valence-electron chi connectivity index (χ3n) is 2.15. The molecule has 0 amide bonds. The summed E-state index contributed by atoms with van der Waals surface area (Å²) in [5, 5.41) is 18.9. The Bertz CT molecular complexity index is 297. The summed E-state index contributed by atoms with van der Waals surface area (Å²) < 4.78 is 0. The summed E-state index contributed by atoms with van der Waals surface area (Å²) in [5.74, 6) is 0.177. The van der Waals surface area contributed by atoms with Gasteiger partial charge in [0.2, 0.25) is 0 Å². The largest absolute Gasteiger partial charge is 0.507 e. The van der Waals surface area contributed by atoms with E-state index in [1.807, 2.05) is 6.07 Å². The molecule has 0 radical (unpaired) electrons. The van der Waals surface area contributed by atoms with Crippen LogP contribution in [0.4, 0.5) is 0 Å². The molecule has 4 N–H and O–H groups in total. The fourth-order valence-electron chi connectivity index (χ4n) is 1.21. The van der Waals surface area contributed by atoms with Crippen LogP contribution in [0.1, 0.15) is 24.1 Å². The zero-order chi connectivity index (χ0) is 10.0. The second kappa shape index (κ2) is 3.77. The van der Waals surface area contributed by atoms with Crippen LogP contribution in [0.3, 0.4) is 0 Å². The lowest BCUT2D eigenvalue weighted by molar-refractivity contribution is 0.163. The third kappa shape index (κ3) is 1.99. The van der Waals surface area contributed by atoms with Gasteiger partial charge in [0.15, 0.2) is 0 Å². The molecule has 1 rings (SSSR count). The smallest absolute Gasteiger partial charge is 0.123 e. The molecule has 0 aromatic heterocycles. The number of phenolic OH excluding ortho intramolecular Hbond substituents is 1. The van der Waals surface area contributed by atoms with Crippen LogP contribution in [-0.4, -0.2) is 16.3 Å². The van der Waals surface area contributed by atoms with Gasteiger partial charge in [-0.3, -0.25) is 0 Å². The summed E-state index contributed by atoms with van der Waals surface area (Å²) in [5.41, 5.74) is 7.06. The standard InChI is InChI=1S/C10H15NO2/c1-6-4-3-5-8(10(6)13)9(11)7(2)12/h3-5,7,9,12-13H,11H2,1-2H3/t7-,9-/m1/s1. The first-order valence-corrected chi connectivity index (χ1v) is 4.26. The Hall–Kier alpha value is -1.06. The molecule has 0 bridgehead atoms. The van der Waals surface area contributed by atoms with Crippen molar-refractivity contribution in [3.63, 3.8) is 0 Å². The van der Waals surface area contributed by atoms with Crippen molar-refractivity contribution in [3.05, 3.63) is 29.3 Å². The molecule has 1 aromatic rings. The van der Waals surface area contributed by atoms with Gasteiger partial charge in [-0.05, 0) is 19.4 Å². The number of aryl methyl sites for hydroxylation is 1. The summed E-state index contributed by atoms with van der Waals surface area (Å²) in [6.07, 6.45) is -0.660. The Kier molecular flexibility index (Phi) is 2.90. The number of rotatable bonds is 2. The molecule has 0 heterocycles. The fourth-order valence-corrected chi connectivity index (χ4v) is 1.21. The minimum Gasteiger partial charge on any atom is -0.507 e. The van der Waals surface area contributed by atoms with Crippen LogP contribution in [0, 0.1) is 6.92 Å². The molecule has 0 saturated heterocycles. The molecule has 0 fully saturated rings. The monoisotopic (exact) mass is 181 g/mol. The van der Waals surface area contributed by atoms with Crippen molar-refractivity contribution in [1.82, 2.24) is 0 Å².